The van der Waals surface area contributed by atoms with Gasteiger partial charge in [0.15, 0.2) is 5.82 Å². The van der Waals surface area contributed by atoms with E-state index in [0.717, 1.165) is 24.2 Å². The lowest BCUT2D eigenvalue weighted by Crippen LogP contribution is -2.12. The molecule has 0 bridgehead atoms. The monoisotopic (exact) mass is 365 g/mol. The van der Waals surface area contributed by atoms with Gasteiger partial charge in [0.2, 0.25) is 0 Å². The van der Waals surface area contributed by atoms with E-state index in [-0.39, 0.29) is 5.91 Å². The molecule has 1 heterocycles. The number of hydrogen-bond donors (Lipinski definition) is 1. The van der Waals surface area contributed by atoms with Gasteiger partial charge in [0, 0.05) is 22.9 Å². The van der Waals surface area contributed by atoms with E-state index in [0.29, 0.717) is 28.8 Å². The number of nitrogens with zero attached hydrogens (tertiary/aromatic N) is 4. The highest BCUT2D eigenvalue weighted by Gasteiger charge is 2.28. The molecule has 138 valence electrons. The summed E-state index contributed by atoms with van der Waals surface area (Å²) in [5.41, 5.74) is 2.04. The highest BCUT2D eigenvalue weighted by atomic mass is 16.5. The van der Waals surface area contributed by atoms with Crippen LogP contribution in [0.3, 0.4) is 0 Å². The van der Waals surface area contributed by atoms with Gasteiger partial charge in [-0.3, -0.25) is 4.79 Å². The molecule has 1 N–H and O–H groups in total. The Bertz CT molecular complexity index is 941. The molecule has 8 nitrogen and oxygen atoms in total. The molecule has 1 aliphatic carbocycles. The Kier molecular flexibility index (Phi) is 4.45. The van der Waals surface area contributed by atoms with E-state index in [1.54, 1.807) is 32.4 Å². The number of anilines is 1. The number of carbonyl (C=O) groups excluding carboxylic acids is 1. The average molecular weight is 365 g/mol. The van der Waals surface area contributed by atoms with E-state index >= 15 is 0 Å². The van der Waals surface area contributed by atoms with Gasteiger partial charge in [0.25, 0.3) is 5.91 Å². The maximum absolute atomic E-state index is 12.6. The van der Waals surface area contributed by atoms with Crippen molar-refractivity contribution >= 4 is 11.6 Å². The van der Waals surface area contributed by atoms with Crippen LogP contribution in [0.2, 0.25) is 0 Å². The SMILES string of the molecule is COc1cc(OC)cc(C(=O)Nc2ccc(-c3nnnn3C3CC3)cc2)c1. The number of hydrogen-bond acceptors (Lipinski definition) is 6. The minimum absolute atomic E-state index is 0.247. The van der Waals surface area contributed by atoms with Crippen molar-refractivity contribution in [3.63, 3.8) is 0 Å². The fraction of sp³-hybridized carbons (Fsp3) is 0.263. The lowest BCUT2D eigenvalue weighted by molar-refractivity contribution is 0.102. The van der Waals surface area contributed by atoms with Crippen molar-refractivity contribution < 1.29 is 14.3 Å². The van der Waals surface area contributed by atoms with E-state index in [4.69, 9.17) is 9.47 Å². The third-order valence-corrected chi connectivity index (χ3v) is 4.40. The minimum Gasteiger partial charge on any atom is -0.497 e. The van der Waals surface area contributed by atoms with Crippen molar-refractivity contribution in [2.75, 3.05) is 19.5 Å². The first-order valence-electron chi connectivity index (χ1n) is 8.60. The fourth-order valence-corrected chi connectivity index (χ4v) is 2.79. The van der Waals surface area contributed by atoms with Crippen LogP contribution in [0.25, 0.3) is 11.4 Å². The van der Waals surface area contributed by atoms with Crippen LogP contribution >= 0.6 is 0 Å². The number of aromatic nitrogens is 4. The first kappa shape index (κ1) is 17.0. The molecule has 0 saturated heterocycles. The van der Waals surface area contributed by atoms with E-state index in [1.165, 1.54) is 0 Å². The van der Waals surface area contributed by atoms with Crippen molar-refractivity contribution in [2.24, 2.45) is 0 Å². The van der Waals surface area contributed by atoms with Gasteiger partial charge in [0.1, 0.15) is 11.5 Å². The standard InChI is InChI=1S/C19H19N5O3/c1-26-16-9-13(10-17(11-16)27-2)19(25)20-14-5-3-12(4-6-14)18-21-22-23-24(18)15-7-8-15/h3-6,9-11,15H,7-8H2,1-2H3,(H,20,25). The first-order valence-corrected chi connectivity index (χ1v) is 8.60. The van der Waals surface area contributed by atoms with Gasteiger partial charge in [0.05, 0.1) is 20.3 Å². The number of amides is 1. The second kappa shape index (κ2) is 7.06. The lowest BCUT2D eigenvalue weighted by Gasteiger charge is -2.10. The Balaban J connectivity index is 1.51. The minimum atomic E-state index is -0.247. The Morgan fingerprint density at radius 3 is 2.33 bits per heavy atom. The Morgan fingerprint density at radius 1 is 1.07 bits per heavy atom. The third-order valence-electron chi connectivity index (χ3n) is 4.40. The van der Waals surface area contributed by atoms with Crippen LogP contribution in [0, 0.1) is 0 Å². The maximum Gasteiger partial charge on any atom is 0.255 e. The summed E-state index contributed by atoms with van der Waals surface area (Å²) in [7, 11) is 3.09. The first-order chi connectivity index (χ1) is 13.2. The Hall–Kier alpha value is -3.42. The molecule has 0 aliphatic heterocycles. The van der Waals surface area contributed by atoms with E-state index in [9.17, 15) is 4.79 Å². The molecule has 8 heteroatoms. The molecule has 1 amide bonds. The topological polar surface area (TPSA) is 91.2 Å². The van der Waals surface area contributed by atoms with Crippen LogP contribution in [0.4, 0.5) is 5.69 Å². The predicted octanol–water partition coefficient (Wildman–Crippen LogP) is 2.94. The average Bonchev–Trinajstić information content (AvgIpc) is 3.44. The summed E-state index contributed by atoms with van der Waals surface area (Å²) in [6, 6.07) is 12.9. The molecule has 0 unspecified atom stereocenters. The normalized spacial score (nSPS) is 13.3. The van der Waals surface area contributed by atoms with Gasteiger partial charge in [-0.2, -0.15) is 0 Å². The molecule has 0 atom stereocenters. The van der Waals surface area contributed by atoms with Crippen molar-refractivity contribution in [1.29, 1.82) is 0 Å². The molecule has 1 aliphatic rings. The maximum atomic E-state index is 12.6. The van der Waals surface area contributed by atoms with Gasteiger partial charge in [-0.25, -0.2) is 4.68 Å². The fourth-order valence-electron chi connectivity index (χ4n) is 2.79. The molecule has 1 fully saturated rings. The van der Waals surface area contributed by atoms with E-state index < -0.39 is 0 Å². The number of ether oxygens (including phenoxy) is 2. The smallest absolute Gasteiger partial charge is 0.255 e. The number of tetrazole rings is 1. The Morgan fingerprint density at radius 2 is 1.74 bits per heavy atom. The number of rotatable bonds is 6. The summed E-state index contributed by atoms with van der Waals surface area (Å²) in [5.74, 6) is 1.61. The van der Waals surface area contributed by atoms with Gasteiger partial charge >= 0.3 is 0 Å². The van der Waals surface area contributed by atoms with E-state index in [1.807, 2.05) is 28.9 Å². The zero-order valence-corrected chi connectivity index (χ0v) is 15.0. The van der Waals surface area contributed by atoms with Crippen molar-refractivity contribution in [3.8, 4) is 22.9 Å². The van der Waals surface area contributed by atoms with Gasteiger partial charge in [-0.1, -0.05) is 0 Å². The largest absolute Gasteiger partial charge is 0.497 e. The Labute approximate surface area is 156 Å². The molecule has 2 aromatic carbocycles. The number of nitrogens with one attached hydrogen (secondary N) is 1. The van der Waals surface area contributed by atoms with Gasteiger partial charge in [-0.15, -0.1) is 5.10 Å². The van der Waals surface area contributed by atoms with Gasteiger partial charge in [-0.05, 0) is 59.7 Å². The molecular weight excluding hydrogens is 346 g/mol. The molecule has 0 spiro atoms. The van der Waals surface area contributed by atoms with Crippen molar-refractivity contribution in [2.45, 2.75) is 18.9 Å². The van der Waals surface area contributed by atoms with Crippen LogP contribution in [0.15, 0.2) is 42.5 Å². The second-order valence-corrected chi connectivity index (χ2v) is 6.31. The van der Waals surface area contributed by atoms with Crippen molar-refractivity contribution in [1.82, 2.24) is 20.2 Å². The molecule has 1 saturated carbocycles. The van der Waals surface area contributed by atoms with Crippen molar-refractivity contribution in [3.05, 3.63) is 48.0 Å². The van der Waals surface area contributed by atoms with E-state index in [2.05, 4.69) is 20.8 Å². The van der Waals surface area contributed by atoms with Gasteiger partial charge < -0.3 is 14.8 Å². The molecule has 4 rings (SSSR count). The highest BCUT2D eigenvalue weighted by molar-refractivity contribution is 6.04. The third kappa shape index (κ3) is 3.59. The summed E-state index contributed by atoms with van der Waals surface area (Å²) in [6.07, 6.45) is 2.21. The molecule has 3 aromatic rings. The molecular formula is C19H19N5O3. The summed E-state index contributed by atoms with van der Waals surface area (Å²) >= 11 is 0. The van der Waals surface area contributed by atoms with Crippen LogP contribution < -0.4 is 14.8 Å². The van der Waals surface area contributed by atoms with Crippen LogP contribution in [0.5, 0.6) is 11.5 Å². The summed E-state index contributed by atoms with van der Waals surface area (Å²) in [5, 5.41) is 14.8. The number of methoxy groups -OCH3 is 2. The number of carbonyl (C=O) groups is 1. The second-order valence-electron chi connectivity index (χ2n) is 6.31. The number of benzene rings is 2. The summed E-state index contributed by atoms with van der Waals surface area (Å²) < 4.78 is 12.3. The molecule has 27 heavy (non-hydrogen) atoms. The summed E-state index contributed by atoms with van der Waals surface area (Å²) in [6.45, 7) is 0. The zero-order chi connectivity index (χ0) is 18.8. The summed E-state index contributed by atoms with van der Waals surface area (Å²) in [4.78, 5) is 12.6. The van der Waals surface area contributed by atoms with Crippen LogP contribution in [0.1, 0.15) is 29.2 Å². The molecule has 0 radical (unpaired) electrons. The highest BCUT2D eigenvalue weighted by Crippen LogP contribution is 2.36. The van der Waals surface area contributed by atoms with Crippen LogP contribution in [-0.4, -0.2) is 40.3 Å². The molecule has 1 aromatic heterocycles. The lowest BCUT2D eigenvalue weighted by atomic mass is 10.1. The predicted molar refractivity (Wildman–Crippen MR) is 99.0 cm³/mol. The van der Waals surface area contributed by atoms with Crippen LogP contribution in [-0.2, 0) is 0 Å². The quantitative estimate of drug-likeness (QED) is 0.722. The zero-order valence-electron chi connectivity index (χ0n) is 15.0.